The fourth-order valence-corrected chi connectivity index (χ4v) is 1.39. The molecule has 0 aliphatic rings. The zero-order valence-corrected chi connectivity index (χ0v) is 8.19. The predicted molar refractivity (Wildman–Crippen MR) is 50.0 cm³/mol. The number of carboxylic acids is 1. The van der Waals surface area contributed by atoms with E-state index >= 15 is 0 Å². The van der Waals surface area contributed by atoms with Crippen LogP contribution < -0.4 is 4.74 Å². The summed E-state index contributed by atoms with van der Waals surface area (Å²) in [5, 5.41) is 9.08. The first-order valence-electron chi connectivity index (χ1n) is 3.32. The van der Waals surface area contributed by atoms with Crippen LogP contribution in [0.3, 0.4) is 0 Å². The van der Waals surface area contributed by atoms with Gasteiger partial charge >= 0.3 is 5.97 Å². The summed E-state index contributed by atoms with van der Waals surface area (Å²) in [6.45, 7) is 0. The first-order valence-corrected chi connectivity index (χ1v) is 4.08. The number of ether oxygens (including phenoxy) is 1. The third kappa shape index (κ3) is 2.05. The van der Waals surface area contributed by atoms with Gasteiger partial charge in [-0.1, -0.05) is 23.2 Å². The van der Waals surface area contributed by atoms with Crippen LogP contribution in [0, 0.1) is 0 Å². The minimum atomic E-state index is -1.11. The van der Waals surface area contributed by atoms with Gasteiger partial charge in [-0.3, -0.25) is 0 Å². The Kier molecular flexibility index (Phi) is 3.01. The van der Waals surface area contributed by atoms with Gasteiger partial charge in [-0.25, -0.2) is 4.79 Å². The third-order valence-electron chi connectivity index (χ3n) is 1.47. The molecule has 13 heavy (non-hydrogen) atoms. The topological polar surface area (TPSA) is 46.5 Å². The van der Waals surface area contributed by atoms with Gasteiger partial charge in [0.1, 0.15) is 5.75 Å². The highest BCUT2D eigenvalue weighted by Crippen LogP contribution is 2.30. The number of methoxy groups -OCH3 is 1. The van der Waals surface area contributed by atoms with Crippen molar-refractivity contribution in [1.82, 2.24) is 0 Å². The molecular formula is C8H6Cl2O3. The molecule has 0 aromatic heterocycles. The maximum absolute atomic E-state index is 10.6. The number of hydrogen-bond acceptors (Lipinski definition) is 2. The summed E-state index contributed by atoms with van der Waals surface area (Å²) in [4.78, 5) is 10.6. The lowest BCUT2D eigenvalue weighted by Gasteiger charge is -2.05. The average molecular weight is 221 g/mol. The molecule has 5 heteroatoms. The lowest BCUT2D eigenvalue weighted by atomic mass is 10.2. The largest absolute Gasteiger partial charge is 0.495 e. The molecule has 0 saturated heterocycles. The van der Waals surface area contributed by atoms with Crippen molar-refractivity contribution in [3.63, 3.8) is 0 Å². The maximum atomic E-state index is 10.6. The molecule has 0 radical (unpaired) electrons. The summed E-state index contributed by atoms with van der Waals surface area (Å²) in [6.07, 6.45) is 0. The molecule has 0 amide bonds. The molecule has 0 bridgehead atoms. The summed E-state index contributed by atoms with van der Waals surface area (Å²) in [5.41, 5.74) is -0.0251. The van der Waals surface area contributed by atoms with E-state index in [1.807, 2.05) is 0 Å². The van der Waals surface area contributed by atoms with Crippen LogP contribution in [0.4, 0.5) is 0 Å². The molecule has 70 valence electrons. The average Bonchev–Trinajstić information content (AvgIpc) is 2.03. The Morgan fingerprint density at radius 2 is 2.00 bits per heavy atom. The minimum absolute atomic E-state index is 0.0251. The van der Waals surface area contributed by atoms with Crippen molar-refractivity contribution < 1.29 is 14.6 Å². The highest BCUT2D eigenvalue weighted by Gasteiger charge is 2.12. The van der Waals surface area contributed by atoms with Crippen molar-refractivity contribution in [2.75, 3.05) is 7.11 Å². The van der Waals surface area contributed by atoms with Gasteiger partial charge in [-0.2, -0.15) is 0 Å². The number of rotatable bonds is 2. The van der Waals surface area contributed by atoms with E-state index in [4.69, 9.17) is 33.0 Å². The van der Waals surface area contributed by atoms with Crippen molar-refractivity contribution in [2.45, 2.75) is 0 Å². The van der Waals surface area contributed by atoms with Gasteiger partial charge in [0.05, 0.1) is 22.7 Å². The summed E-state index contributed by atoms with van der Waals surface area (Å²) >= 11 is 11.3. The molecule has 3 nitrogen and oxygen atoms in total. The quantitative estimate of drug-likeness (QED) is 0.834. The molecule has 0 atom stereocenters. The highest BCUT2D eigenvalue weighted by atomic mass is 35.5. The van der Waals surface area contributed by atoms with Crippen LogP contribution in [0.2, 0.25) is 10.0 Å². The standard InChI is InChI=1S/C8H6Cl2O3/c1-13-7-2-4(8(11)12)5(9)3-6(7)10/h2-3H,1H3,(H,11,12). The summed E-state index contributed by atoms with van der Waals surface area (Å²) in [6, 6.07) is 2.62. The molecule has 0 saturated carbocycles. The number of halogens is 2. The fraction of sp³-hybridized carbons (Fsp3) is 0.125. The second-order valence-corrected chi connectivity index (χ2v) is 3.09. The molecule has 1 rings (SSSR count). The SMILES string of the molecule is COc1cc(C(=O)O)c(Cl)cc1Cl. The first-order chi connectivity index (χ1) is 6.06. The van der Waals surface area contributed by atoms with Crippen LogP contribution in [0.5, 0.6) is 5.75 Å². The monoisotopic (exact) mass is 220 g/mol. The van der Waals surface area contributed by atoms with E-state index in [1.54, 1.807) is 0 Å². The number of carboxylic acid groups (broad SMARTS) is 1. The van der Waals surface area contributed by atoms with Crippen LogP contribution in [-0.4, -0.2) is 18.2 Å². The Morgan fingerprint density at radius 1 is 1.38 bits per heavy atom. The predicted octanol–water partition coefficient (Wildman–Crippen LogP) is 2.70. The van der Waals surface area contributed by atoms with E-state index in [2.05, 4.69) is 0 Å². The van der Waals surface area contributed by atoms with Gasteiger partial charge < -0.3 is 9.84 Å². The van der Waals surface area contributed by atoms with Crippen LogP contribution in [-0.2, 0) is 0 Å². The van der Waals surface area contributed by atoms with E-state index in [0.717, 1.165) is 0 Å². The zero-order valence-electron chi connectivity index (χ0n) is 6.67. The molecular weight excluding hydrogens is 215 g/mol. The van der Waals surface area contributed by atoms with Gasteiger partial charge in [0.25, 0.3) is 0 Å². The molecule has 0 heterocycles. The molecule has 0 aliphatic heterocycles. The van der Waals surface area contributed by atoms with Gasteiger partial charge in [-0.05, 0) is 12.1 Å². The maximum Gasteiger partial charge on any atom is 0.337 e. The van der Waals surface area contributed by atoms with E-state index in [9.17, 15) is 4.79 Å². The molecule has 0 aliphatic carbocycles. The Bertz CT molecular complexity index is 349. The zero-order chi connectivity index (χ0) is 10.0. The van der Waals surface area contributed by atoms with Gasteiger partial charge in [0.15, 0.2) is 0 Å². The smallest absolute Gasteiger partial charge is 0.337 e. The van der Waals surface area contributed by atoms with Gasteiger partial charge in [0, 0.05) is 0 Å². The van der Waals surface area contributed by atoms with Crippen molar-refractivity contribution >= 4 is 29.2 Å². The Hall–Kier alpha value is -0.930. The van der Waals surface area contributed by atoms with Crippen LogP contribution in [0.1, 0.15) is 10.4 Å². The molecule has 0 unspecified atom stereocenters. The van der Waals surface area contributed by atoms with Gasteiger partial charge in [-0.15, -0.1) is 0 Å². The van der Waals surface area contributed by atoms with E-state index in [1.165, 1.54) is 19.2 Å². The summed E-state index contributed by atoms with van der Waals surface area (Å²) in [7, 11) is 1.40. The van der Waals surface area contributed by atoms with Crippen molar-refractivity contribution in [2.24, 2.45) is 0 Å². The van der Waals surface area contributed by atoms with Gasteiger partial charge in [0.2, 0.25) is 0 Å². The molecule has 1 aromatic rings. The number of benzene rings is 1. The third-order valence-corrected chi connectivity index (χ3v) is 2.08. The second kappa shape index (κ2) is 3.85. The molecule has 0 spiro atoms. The Morgan fingerprint density at radius 3 is 2.46 bits per heavy atom. The normalized spacial score (nSPS) is 9.77. The van der Waals surface area contributed by atoms with Crippen LogP contribution >= 0.6 is 23.2 Å². The highest BCUT2D eigenvalue weighted by molar-refractivity contribution is 6.37. The molecule has 1 N–H and O–H groups in total. The summed E-state index contributed by atoms with van der Waals surface area (Å²) < 4.78 is 4.84. The lowest BCUT2D eigenvalue weighted by Crippen LogP contribution is -1.98. The van der Waals surface area contributed by atoms with Crippen LogP contribution in [0.15, 0.2) is 12.1 Å². The number of aromatic carboxylic acids is 1. The van der Waals surface area contributed by atoms with Crippen LogP contribution in [0.25, 0.3) is 0 Å². The van der Waals surface area contributed by atoms with E-state index in [0.29, 0.717) is 5.75 Å². The summed E-state index contributed by atoms with van der Waals surface area (Å²) in [5.74, 6) is -0.816. The van der Waals surface area contributed by atoms with E-state index < -0.39 is 5.97 Å². The van der Waals surface area contributed by atoms with E-state index in [-0.39, 0.29) is 15.6 Å². The fourth-order valence-electron chi connectivity index (χ4n) is 0.849. The Labute approximate surface area is 84.8 Å². The second-order valence-electron chi connectivity index (χ2n) is 2.27. The van der Waals surface area contributed by atoms with Crippen molar-refractivity contribution in [1.29, 1.82) is 0 Å². The number of hydrogen-bond donors (Lipinski definition) is 1. The molecule has 0 fully saturated rings. The number of carbonyl (C=O) groups is 1. The minimum Gasteiger partial charge on any atom is -0.495 e. The van der Waals surface area contributed by atoms with Crippen molar-refractivity contribution in [3.8, 4) is 5.75 Å². The lowest BCUT2D eigenvalue weighted by molar-refractivity contribution is 0.0696. The van der Waals surface area contributed by atoms with Crippen molar-refractivity contribution in [3.05, 3.63) is 27.7 Å². The molecule has 1 aromatic carbocycles. The Balaban J connectivity index is 3.30. The first kappa shape index (κ1) is 10.2.